The van der Waals surface area contributed by atoms with E-state index in [1.54, 1.807) is 7.11 Å². The van der Waals surface area contributed by atoms with Gasteiger partial charge in [0.15, 0.2) is 6.61 Å². The van der Waals surface area contributed by atoms with Crippen molar-refractivity contribution in [3.8, 4) is 17.6 Å². The Balaban J connectivity index is 1.82. The third-order valence-electron chi connectivity index (χ3n) is 3.00. The molecule has 1 saturated carbocycles. The predicted octanol–water partition coefficient (Wildman–Crippen LogP) is 2.25. The third-order valence-corrected chi connectivity index (χ3v) is 3.00. The van der Waals surface area contributed by atoms with E-state index in [4.69, 9.17) is 9.47 Å². The fourth-order valence-electron chi connectivity index (χ4n) is 1.70. The van der Waals surface area contributed by atoms with Crippen molar-refractivity contribution >= 4 is 5.97 Å². The van der Waals surface area contributed by atoms with Gasteiger partial charge in [0, 0.05) is 5.56 Å². The van der Waals surface area contributed by atoms with Crippen LogP contribution in [0, 0.1) is 23.7 Å². The molecule has 2 unspecified atom stereocenters. The molecule has 2 rings (SSSR count). The van der Waals surface area contributed by atoms with E-state index in [-0.39, 0.29) is 18.5 Å². The van der Waals surface area contributed by atoms with E-state index >= 15 is 0 Å². The van der Waals surface area contributed by atoms with E-state index in [1.807, 2.05) is 31.2 Å². The quantitative estimate of drug-likeness (QED) is 0.604. The number of hydrogen-bond acceptors (Lipinski definition) is 3. The van der Waals surface area contributed by atoms with E-state index < -0.39 is 0 Å². The summed E-state index contributed by atoms with van der Waals surface area (Å²) in [6, 6.07) is 7.47. The Morgan fingerprint density at radius 1 is 1.50 bits per heavy atom. The fraction of sp³-hybridized carbons (Fsp3) is 0.400. The molecule has 1 aliphatic carbocycles. The molecule has 1 aliphatic rings. The van der Waals surface area contributed by atoms with Gasteiger partial charge in [-0.15, -0.1) is 0 Å². The van der Waals surface area contributed by atoms with Crippen LogP contribution in [0.3, 0.4) is 0 Å². The summed E-state index contributed by atoms with van der Waals surface area (Å²) in [5, 5.41) is 0. The highest BCUT2D eigenvalue weighted by Crippen LogP contribution is 2.38. The Bertz CT molecular complexity index is 496. The number of esters is 1. The highest BCUT2D eigenvalue weighted by atomic mass is 16.5. The van der Waals surface area contributed by atoms with Crippen LogP contribution in [0.1, 0.15) is 18.9 Å². The molecule has 3 heteroatoms. The Hall–Kier alpha value is -1.95. The highest BCUT2D eigenvalue weighted by Gasteiger charge is 2.40. The minimum atomic E-state index is -0.123. The van der Waals surface area contributed by atoms with Crippen LogP contribution in [-0.2, 0) is 9.53 Å². The minimum Gasteiger partial charge on any atom is -0.497 e. The van der Waals surface area contributed by atoms with Crippen LogP contribution in [0.25, 0.3) is 0 Å². The van der Waals surface area contributed by atoms with Gasteiger partial charge in [-0.05, 0) is 30.5 Å². The molecule has 0 bridgehead atoms. The first-order chi connectivity index (χ1) is 8.70. The summed E-state index contributed by atoms with van der Waals surface area (Å²) in [7, 11) is 1.62. The largest absolute Gasteiger partial charge is 0.497 e. The first-order valence-electron chi connectivity index (χ1n) is 6.00. The number of methoxy groups -OCH3 is 1. The Labute approximate surface area is 107 Å². The van der Waals surface area contributed by atoms with Crippen molar-refractivity contribution in [3.63, 3.8) is 0 Å². The van der Waals surface area contributed by atoms with E-state index in [1.165, 1.54) is 0 Å². The van der Waals surface area contributed by atoms with Crippen LogP contribution in [0.4, 0.5) is 0 Å². The number of carbonyl (C=O) groups excluding carboxylic acids is 1. The molecule has 0 aromatic heterocycles. The maximum absolute atomic E-state index is 11.4. The molecule has 0 aliphatic heterocycles. The smallest absolute Gasteiger partial charge is 0.310 e. The lowest BCUT2D eigenvalue weighted by Gasteiger charge is -1.99. The van der Waals surface area contributed by atoms with Crippen LogP contribution in [-0.4, -0.2) is 19.7 Å². The van der Waals surface area contributed by atoms with E-state index in [0.717, 1.165) is 17.7 Å². The topological polar surface area (TPSA) is 35.5 Å². The van der Waals surface area contributed by atoms with Crippen molar-refractivity contribution in [2.45, 2.75) is 13.3 Å². The summed E-state index contributed by atoms with van der Waals surface area (Å²) in [5.74, 6) is 6.99. The van der Waals surface area contributed by atoms with Crippen LogP contribution in [0.2, 0.25) is 0 Å². The molecule has 1 fully saturated rings. The van der Waals surface area contributed by atoms with Crippen molar-refractivity contribution in [1.82, 2.24) is 0 Å². The number of hydrogen-bond donors (Lipinski definition) is 0. The SMILES string of the molecule is COc1cccc(C#CCOC(=O)C2CC2C)c1. The number of rotatable bonds is 3. The number of ether oxygens (including phenoxy) is 2. The summed E-state index contributed by atoms with van der Waals surface area (Å²) in [4.78, 5) is 11.4. The van der Waals surface area contributed by atoms with Crippen molar-refractivity contribution in [2.24, 2.45) is 11.8 Å². The van der Waals surface area contributed by atoms with Crippen LogP contribution < -0.4 is 4.74 Å². The zero-order valence-electron chi connectivity index (χ0n) is 10.6. The molecule has 0 heterocycles. The molecule has 3 nitrogen and oxygen atoms in total. The van der Waals surface area contributed by atoms with Gasteiger partial charge < -0.3 is 9.47 Å². The lowest BCUT2D eigenvalue weighted by atomic mass is 10.2. The number of carbonyl (C=O) groups is 1. The minimum absolute atomic E-state index is 0.101. The van der Waals surface area contributed by atoms with Gasteiger partial charge in [-0.25, -0.2) is 0 Å². The summed E-state index contributed by atoms with van der Waals surface area (Å²) in [6.45, 7) is 2.20. The molecule has 1 aromatic rings. The van der Waals surface area contributed by atoms with Gasteiger partial charge in [0.05, 0.1) is 13.0 Å². The predicted molar refractivity (Wildman–Crippen MR) is 68.1 cm³/mol. The Morgan fingerprint density at radius 3 is 2.94 bits per heavy atom. The average Bonchev–Trinajstić information content (AvgIpc) is 3.12. The zero-order valence-corrected chi connectivity index (χ0v) is 10.6. The van der Waals surface area contributed by atoms with Gasteiger partial charge in [-0.1, -0.05) is 24.8 Å². The second-order valence-corrected chi connectivity index (χ2v) is 4.46. The van der Waals surface area contributed by atoms with Crippen molar-refractivity contribution < 1.29 is 14.3 Å². The molecule has 0 radical (unpaired) electrons. The Kier molecular flexibility index (Phi) is 3.88. The molecule has 0 saturated heterocycles. The van der Waals surface area contributed by atoms with Crippen molar-refractivity contribution in [1.29, 1.82) is 0 Å². The van der Waals surface area contributed by atoms with E-state index in [9.17, 15) is 4.79 Å². The van der Waals surface area contributed by atoms with Gasteiger partial charge in [-0.3, -0.25) is 4.79 Å². The van der Waals surface area contributed by atoms with Gasteiger partial charge in [-0.2, -0.15) is 0 Å². The number of benzene rings is 1. The van der Waals surface area contributed by atoms with Gasteiger partial charge in [0.1, 0.15) is 5.75 Å². The standard InChI is InChI=1S/C15H16O3/c1-11-9-14(11)15(16)18-8-4-6-12-5-3-7-13(10-12)17-2/h3,5,7,10-11,14H,8-9H2,1-2H3. The summed E-state index contributed by atoms with van der Waals surface area (Å²) < 4.78 is 10.2. The first-order valence-corrected chi connectivity index (χ1v) is 6.00. The highest BCUT2D eigenvalue weighted by molar-refractivity contribution is 5.75. The van der Waals surface area contributed by atoms with Crippen molar-refractivity contribution in [3.05, 3.63) is 29.8 Å². The third kappa shape index (κ3) is 3.27. The normalized spacial score (nSPS) is 20.6. The average molecular weight is 244 g/mol. The maximum atomic E-state index is 11.4. The van der Waals surface area contributed by atoms with E-state index in [0.29, 0.717) is 5.92 Å². The Morgan fingerprint density at radius 2 is 2.28 bits per heavy atom. The van der Waals surface area contributed by atoms with Gasteiger partial charge in [0.2, 0.25) is 0 Å². The molecule has 0 spiro atoms. The van der Waals surface area contributed by atoms with E-state index in [2.05, 4.69) is 11.8 Å². The molecule has 1 aromatic carbocycles. The molecule has 94 valence electrons. The monoisotopic (exact) mass is 244 g/mol. The molecule has 2 atom stereocenters. The molecule has 0 amide bonds. The first kappa shape index (κ1) is 12.5. The summed E-state index contributed by atoms with van der Waals surface area (Å²) in [6.07, 6.45) is 0.947. The van der Waals surface area contributed by atoms with Crippen molar-refractivity contribution in [2.75, 3.05) is 13.7 Å². The summed E-state index contributed by atoms with van der Waals surface area (Å²) in [5.41, 5.74) is 0.852. The lowest BCUT2D eigenvalue weighted by Crippen LogP contribution is -2.07. The van der Waals surface area contributed by atoms with Crippen LogP contribution >= 0.6 is 0 Å². The molecule has 18 heavy (non-hydrogen) atoms. The van der Waals surface area contributed by atoms with Crippen LogP contribution in [0.15, 0.2) is 24.3 Å². The van der Waals surface area contributed by atoms with Gasteiger partial charge >= 0.3 is 5.97 Å². The van der Waals surface area contributed by atoms with Gasteiger partial charge in [0.25, 0.3) is 0 Å². The lowest BCUT2D eigenvalue weighted by molar-refractivity contribution is -0.144. The second kappa shape index (κ2) is 5.59. The maximum Gasteiger partial charge on any atom is 0.310 e. The summed E-state index contributed by atoms with van der Waals surface area (Å²) >= 11 is 0. The zero-order chi connectivity index (χ0) is 13.0. The molecular weight excluding hydrogens is 228 g/mol. The molecular formula is C15H16O3. The molecule has 0 N–H and O–H groups in total. The second-order valence-electron chi connectivity index (χ2n) is 4.46. The van der Waals surface area contributed by atoms with Crippen LogP contribution in [0.5, 0.6) is 5.75 Å². The fourth-order valence-corrected chi connectivity index (χ4v) is 1.70.